The predicted molar refractivity (Wildman–Crippen MR) is 178 cm³/mol. The van der Waals surface area contributed by atoms with E-state index in [1.54, 1.807) is 53.7 Å². The first-order valence-corrected chi connectivity index (χ1v) is 16.0. The van der Waals surface area contributed by atoms with Crippen molar-refractivity contribution in [1.29, 1.82) is 0 Å². The number of hydrogen-bond acceptors (Lipinski definition) is 7. The highest BCUT2D eigenvalue weighted by Gasteiger charge is 2.49. The summed E-state index contributed by atoms with van der Waals surface area (Å²) in [7, 11) is 0. The van der Waals surface area contributed by atoms with Gasteiger partial charge in [0, 0.05) is 12.5 Å². The summed E-state index contributed by atoms with van der Waals surface area (Å²) in [6.07, 6.45) is -0.665. The summed E-state index contributed by atoms with van der Waals surface area (Å²) in [5, 5.41) is 5.42. The highest BCUT2D eigenvalue weighted by Crippen LogP contribution is 2.41. The molecule has 11 nitrogen and oxygen atoms in total. The van der Waals surface area contributed by atoms with Crippen molar-refractivity contribution < 1.29 is 33.4 Å². The molecule has 2 aromatic carbocycles. The fourth-order valence-corrected chi connectivity index (χ4v) is 5.36. The van der Waals surface area contributed by atoms with Crippen molar-refractivity contribution in [2.75, 3.05) is 0 Å². The number of alkyl carbamates (subject to hydrolysis) is 1. The number of aryl methyl sites for hydroxylation is 1. The van der Waals surface area contributed by atoms with Crippen molar-refractivity contribution in [1.82, 2.24) is 15.5 Å². The number of carbonyl (C=O) groups excluding carboxylic acids is 5. The standard InChI is InChI=1S/C36H50N4O7/c1-21-14-13-17-25(23(21)3)30(31(42)38-27(33(44)46-35(4,5)6)19-24-15-11-10-12-16-24)40(28-18-22(28)2)32(43)26(20-29(37)41)39-34(45)47-36(7,8)9/h10-17,22,26-28,30H,18-20H2,1-9H3,(H2,37,41)(H,38,42)(H,39,45). The Hall–Kier alpha value is -4.41. The number of carbonyl (C=O) groups is 5. The molecule has 5 atom stereocenters. The van der Waals surface area contributed by atoms with Crippen LogP contribution in [0.1, 0.15) is 89.6 Å². The average Bonchev–Trinajstić information content (AvgIpc) is 3.66. The van der Waals surface area contributed by atoms with Gasteiger partial charge in [-0.3, -0.25) is 14.4 Å². The third-order valence-corrected chi connectivity index (χ3v) is 7.83. The number of ether oxygens (including phenoxy) is 2. The van der Waals surface area contributed by atoms with Gasteiger partial charge in [0.2, 0.25) is 17.7 Å². The van der Waals surface area contributed by atoms with Crippen LogP contribution in [0.2, 0.25) is 0 Å². The minimum Gasteiger partial charge on any atom is -0.458 e. The molecule has 2 aromatic rings. The van der Waals surface area contributed by atoms with E-state index in [4.69, 9.17) is 15.2 Å². The molecule has 0 spiro atoms. The molecule has 1 saturated carbocycles. The zero-order chi connectivity index (χ0) is 35.3. The topological polar surface area (TPSA) is 157 Å². The lowest BCUT2D eigenvalue weighted by Crippen LogP contribution is -2.56. The summed E-state index contributed by atoms with van der Waals surface area (Å²) in [6.45, 7) is 16.0. The molecule has 11 heteroatoms. The van der Waals surface area contributed by atoms with Crippen LogP contribution >= 0.6 is 0 Å². The number of nitrogens with one attached hydrogen (secondary N) is 2. The van der Waals surface area contributed by atoms with E-state index in [-0.39, 0.29) is 18.4 Å². The molecular formula is C36H50N4O7. The molecule has 0 saturated heterocycles. The molecule has 256 valence electrons. The highest BCUT2D eigenvalue weighted by molar-refractivity contribution is 5.96. The number of nitrogens with two attached hydrogens (primary N) is 1. The van der Waals surface area contributed by atoms with Crippen molar-refractivity contribution in [2.45, 2.75) is 117 Å². The summed E-state index contributed by atoms with van der Waals surface area (Å²) in [5.41, 5.74) is 6.88. The van der Waals surface area contributed by atoms with Crippen LogP contribution in [0.4, 0.5) is 4.79 Å². The second-order valence-electron chi connectivity index (χ2n) is 14.4. The van der Waals surface area contributed by atoms with E-state index in [1.165, 1.54) is 4.90 Å². The lowest BCUT2D eigenvalue weighted by Gasteiger charge is -2.36. The Kier molecular flexibility index (Phi) is 11.8. The van der Waals surface area contributed by atoms with Gasteiger partial charge in [-0.2, -0.15) is 0 Å². The van der Waals surface area contributed by atoms with E-state index in [1.807, 2.05) is 57.2 Å². The second kappa shape index (κ2) is 15.0. The van der Waals surface area contributed by atoms with Gasteiger partial charge in [0.15, 0.2) is 0 Å². The van der Waals surface area contributed by atoms with Gasteiger partial charge in [-0.25, -0.2) is 9.59 Å². The maximum atomic E-state index is 14.6. The number of amides is 4. The fraction of sp³-hybridized carbons (Fsp3) is 0.528. The zero-order valence-electron chi connectivity index (χ0n) is 29.0. The van der Waals surface area contributed by atoms with Crippen LogP contribution in [-0.4, -0.2) is 64.0 Å². The molecule has 5 unspecified atom stereocenters. The molecule has 4 amide bonds. The molecular weight excluding hydrogens is 600 g/mol. The Morgan fingerprint density at radius 2 is 1.47 bits per heavy atom. The summed E-state index contributed by atoms with van der Waals surface area (Å²) in [4.78, 5) is 69.0. The van der Waals surface area contributed by atoms with E-state index < -0.39 is 65.5 Å². The largest absolute Gasteiger partial charge is 0.458 e. The van der Waals surface area contributed by atoms with Crippen LogP contribution in [0.25, 0.3) is 0 Å². The van der Waals surface area contributed by atoms with Gasteiger partial charge in [0.1, 0.15) is 29.3 Å². The number of primary amides is 1. The molecule has 4 N–H and O–H groups in total. The Labute approximate surface area is 277 Å². The monoisotopic (exact) mass is 650 g/mol. The molecule has 1 aliphatic rings. The molecule has 0 aromatic heterocycles. The van der Waals surface area contributed by atoms with Crippen LogP contribution in [0.5, 0.6) is 0 Å². The van der Waals surface area contributed by atoms with Gasteiger partial charge in [-0.15, -0.1) is 0 Å². The first-order chi connectivity index (χ1) is 21.8. The molecule has 1 aliphatic carbocycles. The van der Waals surface area contributed by atoms with Crippen LogP contribution < -0.4 is 16.4 Å². The molecule has 0 heterocycles. The van der Waals surface area contributed by atoms with Gasteiger partial charge in [0.25, 0.3) is 0 Å². The summed E-state index contributed by atoms with van der Waals surface area (Å²) >= 11 is 0. The molecule has 0 radical (unpaired) electrons. The maximum Gasteiger partial charge on any atom is 0.408 e. The number of nitrogens with zero attached hydrogens (tertiary/aromatic N) is 1. The Bertz CT molecular complexity index is 1460. The minimum atomic E-state index is -1.40. The summed E-state index contributed by atoms with van der Waals surface area (Å²) < 4.78 is 11.1. The van der Waals surface area contributed by atoms with Gasteiger partial charge in [0.05, 0.1) is 6.42 Å². The van der Waals surface area contributed by atoms with Crippen LogP contribution in [0.15, 0.2) is 48.5 Å². The summed E-state index contributed by atoms with van der Waals surface area (Å²) in [5.74, 6) is -2.68. The number of benzene rings is 2. The summed E-state index contributed by atoms with van der Waals surface area (Å²) in [6, 6.07) is 10.6. The van der Waals surface area contributed by atoms with Crippen molar-refractivity contribution in [3.63, 3.8) is 0 Å². The highest BCUT2D eigenvalue weighted by atomic mass is 16.6. The number of rotatable bonds is 12. The van der Waals surface area contributed by atoms with Gasteiger partial charge >= 0.3 is 12.1 Å². The number of hydrogen-bond donors (Lipinski definition) is 3. The lowest BCUT2D eigenvalue weighted by atomic mass is 9.94. The molecule has 0 bridgehead atoms. The van der Waals surface area contributed by atoms with E-state index >= 15 is 0 Å². The number of esters is 1. The van der Waals surface area contributed by atoms with Gasteiger partial charge < -0.3 is 30.7 Å². The van der Waals surface area contributed by atoms with Crippen molar-refractivity contribution in [2.24, 2.45) is 11.7 Å². The molecule has 47 heavy (non-hydrogen) atoms. The molecule has 1 fully saturated rings. The van der Waals surface area contributed by atoms with E-state index in [0.717, 1.165) is 16.7 Å². The average molecular weight is 651 g/mol. The SMILES string of the molecule is Cc1cccc(C(C(=O)NC(Cc2ccccc2)C(=O)OC(C)(C)C)N(C(=O)C(CC(N)=O)NC(=O)OC(C)(C)C)C2CC2C)c1C. The minimum absolute atomic E-state index is 0.0288. The maximum absolute atomic E-state index is 14.6. The predicted octanol–water partition coefficient (Wildman–Crippen LogP) is 4.42. The van der Waals surface area contributed by atoms with Crippen LogP contribution in [-0.2, 0) is 35.1 Å². The third kappa shape index (κ3) is 10.8. The second-order valence-corrected chi connectivity index (χ2v) is 14.4. The Morgan fingerprint density at radius 3 is 2.00 bits per heavy atom. The first-order valence-electron chi connectivity index (χ1n) is 16.0. The fourth-order valence-electron chi connectivity index (χ4n) is 5.36. The lowest BCUT2D eigenvalue weighted by molar-refractivity contribution is -0.159. The normalized spacial score (nSPS) is 17.8. The van der Waals surface area contributed by atoms with Crippen molar-refractivity contribution >= 4 is 29.8 Å². The van der Waals surface area contributed by atoms with Crippen LogP contribution in [0, 0.1) is 19.8 Å². The first kappa shape index (κ1) is 37.1. The van der Waals surface area contributed by atoms with E-state index in [2.05, 4.69) is 10.6 Å². The Morgan fingerprint density at radius 1 is 0.872 bits per heavy atom. The van der Waals surface area contributed by atoms with Crippen molar-refractivity contribution in [3.8, 4) is 0 Å². The zero-order valence-corrected chi connectivity index (χ0v) is 29.0. The van der Waals surface area contributed by atoms with Crippen molar-refractivity contribution in [3.05, 3.63) is 70.8 Å². The Balaban J connectivity index is 2.11. The molecule has 3 rings (SSSR count). The van der Waals surface area contributed by atoms with E-state index in [0.29, 0.717) is 12.0 Å². The molecule has 0 aliphatic heterocycles. The van der Waals surface area contributed by atoms with Gasteiger partial charge in [-0.1, -0.05) is 55.5 Å². The van der Waals surface area contributed by atoms with Gasteiger partial charge in [-0.05, 0) is 90.0 Å². The quantitative estimate of drug-likeness (QED) is 0.287. The smallest absolute Gasteiger partial charge is 0.408 e. The third-order valence-electron chi connectivity index (χ3n) is 7.83. The van der Waals surface area contributed by atoms with E-state index in [9.17, 15) is 24.0 Å². The van der Waals surface area contributed by atoms with Crippen LogP contribution in [0.3, 0.4) is 0 Å².